The maximum atomic E-state index is 10.6. The molecule has 0 aliphatic carbocycles. The average molecular weight is 200 g/mol. The van der Waals surface area contributed by atoms with Gasteiger partial charge in [-0.25, -0.2) is 4.21 Å². The molecule has 4 heteroatoms. The molecule has 2 N–H and O–H groups in total. The van der Waals surface area contributed by atoms with Crippen molar-refractivity contribution in [3.05, 3.63) is 34.9 Å². The van der Waals surface area contributed by atoms with Crippen LogP contribution in [0.2, 0.25) is 0 Å². The first-order chi connectivity index (χ1) is 6.02. The van der Waals surface area contributed by atoms with E-state index in [0.29, 0.717) is 5.56 Å². The summed E-state index contributed by atoms with van der Waals surface area (Å²) in [5, 5.41) is 9.26. The second-order valence-electron chi connectivity index (χ2n) is 2.97. The maximum Gasteiger partial charge on any atom is 0.187 e. The van der Waals surface area contributed by atoms with Gasteiger partial charge in [-0.15, -0.1) is 0 Å². The van der Waals surface area contributed by atoms with Gasteiger partial charge in [0.2, 0.25) is 0 Å². The van der Waals surface area contributed by atoms with Gasteiger partial charge in [0.15, 0.2) is 16.5 Å². The van der Waals surface area contributed by atoms with Crippen molar-refractivity contribution in [2.24, 2.45) is 0 Å². The van der Waals surface area contributed by atoms with Crippen LogP contribution in [0.1, 0.15) is 22.1 Å². The minimum absolute atomic E-state index is 0.476. The van der Waals surface area contributed by atoms with E-state index in [1.54, 1.807) is 12.1 Å². The van der Waals surface area contributed by atoms with E-state index in [4.69, 9.17) is 4.55 Å². The molecule has 3 nitrogen and oxygen atoms in total. The molecule has 0 bridgehead atoms. The van der Waals surface area contributed by atoms with E-state index in [1.807, 2.05) is 19.9 Å². The maximum absolute atomic E-state index is 10.6. The Bertz CT molecular complexity index is 336. The fraction of sp³-hybridized carbons (Fsp3) is 0.333. The smallest absolute Gasteiger partial charge is 0.187 e. The normalized spacial score (nSPS) is 15.4. The van der Waals surface area contributed by atoms with Crippen molar-refractivity contribution in [1.82, 2.24) is 0 Å². The summed E-state index contributed by atoms with van der Waals surface area (Å²) in [6.07, 6.45) is 0. The molecule has 2 atom stereocenters. The molecule has 1 rings (SSSR count). The van der Waals surface area contributed by atoms with E-state index >= 15 is 0 Å². The molecule has 0 spiro atoms. The predicted molar refractivity (Wildman–Crippen MR) is 51.6 cm³/mol. The fourth-order valence-corrected chi connectivity index (χ4v) is 1.41. The molecule has 1 aromatic rings. The molecule has 0 aromatic heterocycles. The Hall–Kier alpha value is -0.710. The molecule has 72 valence electrons. The van der Waals surface area contributed by atoms with E-state index in [9.17, 15) is 9.32 Å². The molecule has 2 unspecified atom stereocenters. The summed E-state index contributed by atoms with van der Waals surface area (Å²) < 4.78 is 19.2. The van der Waals surface area contributed by atoms with E-state index in [2.05, 4.69) is 0 Å². The van der Waals surface area contributed by atoms with Crippen LogP contribution in [0.3, 0.4) is 0 Å². The van der Waals surface area contributed by atoms with Crippen LogP contribution >= 0.6 is 0 Å². The lowest BCUT2D eigenvalue weighted by molar-refractivity contribution is 0.251. The molecule has 0 aliphatic rings. The Morgan fingerprint density at radius 3 is 2.38 bits per heavy atom. The van der Waals surface area contributed by atoms with E-state index in [-0.39, 0.29) is 0 Å². The van der Waals surface area contributed by atoms with Gasteiger partial charge in [-0.2, -0.15) is 0 Å². The lowest BCUT2D eigenvalue weighted by atomic mass is 10.1. The Morgan fingerprint density at radius 1 is 1.31 bits per heavy atom. The fourth-order valence-electron chi connectivity index (χ4n) is 1.03. The van der Waals surface area contributed by atoms with Gasteiger partial charge in [-0.1, -0.05) is 18.2 Å². The number of aliphatic hydroxyl groups is 1. The second-order valence-corrected chi connectivity index (χ2v) is 3.97. The van der Waals surface area contributed by atoms with Crippen molar-refractivity contribution >= 4 is 11.1 Å². The third-order valence-corrected chi connectivity index (χ3v) is 2.66. The molecule has 0 radical (unpaired) electrons. The zero-order chi connectivity index (χ0) is 10.0. The zero-order valence-corrected chi connectivity index (χ0v) is 8.34. The Morgan fingerprint density at radius 2 is 1.92 bits per heavy atom. The second kappa shape index (κ2) is 4.00. The number of aryl methyl sites for hydroxylation is 2. The molecular weight excluding hydrogens is 188 g/mol. The van der Waals surface area contributed by atoms with Gasteiger partial charge in [0.25, 0.3) is 0 Å². The first-order valence-corrected chi connectivity index (χ1v) is 5.04. The molecule has 0 aliphatic heterocycles. The summed E-state index contributed by atoms with van der Waals surface area (Å²) >= 11 is -2.22. The largest absolute Gasteiger partial charge is 0.373 e. The van der Waals surface area contributed by atoms with Crippen LogP contribution in [-0.4, -0.2) is 13.9 Å². The van der Waals surface area contributed by atoms with E-state index < -0.39 is 16.5 Å². The molecule has 0 saturated heterocycles. The number of hydrogen-bond donors (Lipinski definition) is 2. The van der Waals surface area contributed by atoms with Gasteiger partial charge in [-0.3, -0.25) is 0 Å². The minimum Gasteiger partial charge on any atom is -0.373 e. The third-order valence-electron chi connectivity index (χ3n) is 2.01. The van der Waals surface area contributed by atoms with Gasteiger partial charge in [0.05, 0.1) is 0 Å². The van der Waals surface area contributed by atoms with Crippen molar-refractivity contribution in [1.29, 1.82) is 0 Å². The van der Waals surface area contributed by atoms with Crippen molar-refractivity contribution in [2.75, 3.05) is 0 Å². The molecule has 0 saturated carbocycles. The summed E-state index contributed by atoms with van der Waals surface area (Å²) in [4.78, 5) is 0. The first-order valence-electron chi connectivity index (χ1n) is 3.87. The van der Waals surface area contributed by atoms with Crippen molar-refractivity contribution in [3.63, 3.8) is 0 Å². The highest BCUT2D eigenvalue weighted by molar-refractivity contribution is 7.79. The van der Waals surface area contributed by atoms with E-state index in [0.717, 1.165) is 11.1 Å². The molecule has 0 heterocycles. The number of aliphatic hydroxyl groups excluding tert-OH is 1. The van der Waals surface area contributed by atoms with Crippen LogP contribution in [0.5, 0.6) is 0 Å². The topological polar surface area (TPSA) is 57.5 Å². The highest BCUT2D eigenvalue weighted by atomic mass is 32.2. The molecule has 13 heavy (non-hydrogen) atoms. The lowest BCUT2D eigenvalue weighted by Gasteiger charge is -2.08. The summed E-state index contributed by atoms with van der Waals surface area (Å²) in [6, 6.07) is 5.19. The Balaban J connectivity index is 3.03. The standard InChI is InChI=1S/C9H12O3S/c1-6-3-4-8(5-7(6)2)9(10)13(11)12/h3-5,9-10H,1-2H3,(H,11,12). The van der Waals surface area contributed by atoms with Crippen LogP contribution in [-0.2, 0) is 11.1 Å². The highest BCUT2D eigenvalue weighted by Crippen LogP contribution is 2.18. The Labute approximate surface area is 79.7 Å². The van der Waals surface area contributed by atoms with Crippen LogP contribution in [0.15, 0.2) is 18.2 Å². The zero-order valence-electron chi connectivity index (χ0n) is 7.52. The molecule has 1 aromatic carbocycles. The molecular formula is C9H12O3S. The third kappa shape index (κ3) is 2.37. The van der Waals surface area contributed by atoms with Crippen LogP contribution in [0.25, 0.3) is 0 Å². The monoisotopic (exact) mass is 200 g/mol. The summed E-state index contributed by atoms with van der Waals surface area (Å²) in [5.41, 5.74) is 1.27. The van der Waals surface area contributed by atoms with Crippen LogP contribution in [0, 0.1) is 13.8 Å². The van der Waals surface area contributed by atoms with E-state index in [1.165, 1.54) is 0 Å². The number of benzene rings is 1. The predicted octanol–water partition coefficient (Wildman–Crippen LogP) is 1.52. The first kappa shape index (κ1) is 10.4. The minimum atomic E-state index is -2.22. The quantitative estimate of drug-likeness (QED) is 0.711. The van der Waals surface area contributed by atoms with Gasteiger partial charge in [-0.05, 0) is 30.5 Å². The number of hydrogen-bond acceptors (Lipinski definition) is 2. The average Bonchev–Trinajstić information content (AvgIpc) is 2.08. The SMILES string of the molecule is Cc1ccc(C(O)S(=O)O)cc1C. The summed E-state index contributed by atoms with van der Waals surface area (Å²) in [5.74, 6) is 0. The van der Waals surface area contributed by atoms with Gasteiger partial charge in [0.1, 0.15) is 0 Å². The number of rotatable bonds is 2. The van der Waals surface area contributed by atoms with Crippen molar-refractivity contribution in [3.8, 4) is 0 Å². The van der Waals surface area contributed by atoms with Crippen LogP contribution in [0.4, 0.5) is 0 Å². The van der Waals surface area contributed by atoms with Crippen molar-refractivity contribution in [2.45, 2.75) is 19.3 Å². The van der Waals surface area contributed by atoms with Gasteiger partial charge in [0, 0.05) is 0 Å². The lowest BCUT2D eigenvalue weighted by Crippen LogP contribution is -2.04. The highest BCUT2D eigenvalue weighted by Gasteiger charge is 2.13. The molecule has 0 amide bonds. The summed E-state index contributed by atoms with van der Waals surface area (Å²) in [6.45, 7) is 3.84. The molecule has 0 fully saturated rings. The Kier molecular flexibility index (Phi) is 3.19. The van der Waals surface area contributed by atoms with Crippen molar-refractivity contribution < 1.29 is 13.9 Å². The van der Waals surface area contributed by atoms with Gasteiger partial charge < -0.3 is 9.66 Å². The van der Waals surface area contributed by atoms with Gasteiger partial charge >= 0.3 is 0 Å². The summed E-state index contributed by atoms with van der Waals surface area (Å²) in [7, 11) is 0. The van der Waals surface area contributed by atoms with Crippen LogP contribution < -0.4 is 0 Å².